The molecule has 0 spiro atoms. The van der Waals surface area contributed by atoms with E-state index in [1.54, 1.807) is 0 Å². The number of nitrogens with one attached hydrogen (secondary N) is 1. The van der Waals surface area contributed by atoms with Crippen molar-refractivity contribution in [3.8, 4) is 0 Å². The van der Waals surface area contributed by atoms with Crippen LogP contribution in [0.15, 0.2) is 60.7 Å². The minimum absolute atomic E-state index is 0.0152. The van der Waals surface area contributed by atoms with Gasteiger partial charge in [-0.2, -0.15) is 0 Å². The van der Waals surface area contributed by atoms with E-state index in [-0.39, 0.29) is 23.9 Å². The highest BCUT2D eigenvalue weighted by atomic mass is 16.2. The van der Waals surface area contributed by atoms with E-state index >= 15 is 0 Å². The lowest BCUT2D eigenvalue weighted by atomic mass is 9.94. The summed E-state index contributed by atoms with van der Waals surface area (Å²) >= 11 is 0. The second-order valence-electron chi connectivity index (χ2n) is 8.82. The Morgan fingerprint density at radius 3 is 2.06 bits per heavy atom. The predicted molar refractivity (Wildman–Crippen MR) is 123 cm³/mol. The molecule has 2 fully saturated rings. The summed E-state index contributed by atoms with van der Waals surface area (Å²) < 4.78 is 0. The molecule has 31 heavy (non-hydrogen) atoms. The highest BCUT2D eigenvalue weighted by molar-refractivity contribution is 5.94. The van der Waals surface area contributed by atoms with E-state index in [2.05, 4.69) is 29.3 Å². The summed E-state index contributed by atoms with van der Waals surface area (Å²) in [6.45, 7) is 4.87. The van der Waals surface area contributed by atoms with Gasteiger partial charge >= 0.3 is 0 Å². The van der Waals surface area contributed by atoms with Gasteiger partial charge in [0.25, 0.3) is 5.91 Å². The van der Waals surface area contributed by atoms with Gasteiger partial charge in [0.05, 0.1) is 12.1 Å². The maximum Gasteiger partial charge on any atom is 0.253 e. The van der Waals surface area contributed by atoms with Crippen LogP contribution in [0.4, 0.5) is 0 Å². The van der Waals surface area contributed by atoms with Crippen molar-refractivity contribution < 1.29 is 9.59 Å². The van der Waals surface area contributed by atoms with Gasteiger partial charge in [-0.15, -0.1) is 0 Å². The van der Waals surface area contributed by atoms with Gasteiger partial charge in [-0.25, -0.2) is 0 Å². The number of nitrogens with zero attached hydrogens (tertiary/aromatic N) is 2. The summed E-state index contributed by atoms with van der Waals surface area (Å²) in [7, 11) is 0. The molecule has 5 heteroatoms. The Bertz CT molecular complexity index is 857. The molecule has 1 N–H and O–H groups in total. The first-order chi connectivity index (χ1) is 15.1. The highest BCUT2D eigenvalue weighted by Gasteiger charge is 2.37. The van der Waals surface area contributed by atoms with Crippen LogP contribution < -0.4 is 5.32 Å². The molecule has 2 atom stereocenters. The molecule has 4 rings (SSSR count). The Labute approximate surface area is 185 Å². The number of carbonyl (C=O) groups is 2. The molecule has 0 bridgehead atoms. The van der Waals surface area contributed by atoms with Crippen molar-refractivity contribution >= 4 is 11.8 Å². The van der Waals surface area contributed by atoms with Gasteiger partial charge in [0, 0.05) is 31.7 Å². The molecule has 0 aromatic heterocycles. The van der Waals surface area contributed by atoms with Crippen LogP contribution in [0.2, 0.25) is 0 Å². The molecule has 1 aliphatic carbocycles. The van der Waals surface area contributed by atoms with Crippen molar-refractivity contribution in [2.75, 3.05) is 26.2 Å². The number of benzene rings is 2. The Hall–Kier alpha value is -2.66. The molecule has 1 saturated carbocycles. The first kappa shape index (κ1) is 21.6. The zero-order valence-corrected chi connectivity index (χ0v) is 18.4. The second-order valence-corrected chi connectivity index (χ2v) is 8.82. The molecular formula is C26H33N3O2. The fourth-order valence-electron chi connectivity index (χ4n) is 5.04. The third kappa shape index (κ3) is 5.16. The van der Waals surface area contributed by atoms with Crippen LogP contribution in [-0.2, 0) is 4.79 Å². The Kier molecular flexibility index (Phi) is 7.03. The van der Waals surface area contributed by atoms with E-state index in [0.29, 0.717) is 19.0 Å². The Balaban J connectivity index is 1.41. The quantitative estimate of drug-likeness (QED) is 0.773. The molecule has 2 aromatic carbocycles. The molecular weight excluding hydrogens is 386 g/mol. The first-order valence-corrected chi connectivity index (χ1v) is 11.6. The lowest BCUT2D eigenvalue weighted by molar-refractivity contribution is -0.129. The summed E-state index contributed by atoms with van der Waals surface area (Å²) in [6.07, 6.45) is 4.63. The van der Waals surface area contributed by atoms with E-state index in [1.807, 2.05) is 53.4 Å². The number of piperazine rings is 1. The smallest absolute Gasteiger partial charge is 0.253 e. The first-order valence-electron chi connectivity index (χ1n) is 11.6. The van der Waals surface area contributed by atoms with E-state index in [0.717, 1.165) is 37.1 Å². The van der Waals surface area contributed by atoms with Crippen molar-refractivity contribution in [3.05, 3.63) is 71.8 Å². The molecule has 1 aliphatic heterocycles. The van der Waals surface area contributed by atoms with Crippen molar-refractivity contribution in [1.82, 2.24) is 15.1 Å². The normalized spacial score (nSPS) is 19.7. The highest BCUT2D eigenvalue weighted by Crippen LogP contribution is 2.31. The molecule has 0 radical (unpaired) electrons. The molecule has 1 heterocycles. The molecule has 1 saturated heterocycles. The van der Waals surface area contributed by atoms with Crippen molar-refractivity contribution in [2.45, 2.75) is 44.7 Å². The van der Waals surface area contributed by atoms with Gasteiger partial charge in [0.2, 0.25) is 5.91 Å². The van der Waals surface area contributed by atoms with Crippen LogP contribution in [0, 0.1) is 5.92 Å². The maximum atomic E-state index is 13.4. The van der Waals surface area contributed by atoms with E-state index in [4.69, 9.17) is 0 Å². The molecule has 164 valence electrons. The minimum atomic E-state index is -0.109. The maximum absolute atomic E-state index is 13.4. The molecule has 2 unspecified atom stereocenters. The zero-order chi connectivity index (χ0) is 21.6. The van der Waals surface area contributed by atoms with E-state index in [1.165, 1.54) is 12.8 Å². The lowest BCUT2D eigenvalue weighted by Crippen LogP contribution is -2.58. The summed E-state index contributed by atoms with van der Waals surface area (Å²) in [5, 5.41) is 3.27. The molecule has 2 aliphatic rings. The third-order valence-corrected chi connectivity index (χ3v) is 6.79. The minimum Gasteiger partial charge on any atom is -0.348 e. The fraction of sp³-hybridized carbons (Fsp3) is 0.462. The Morgan fingerprint density at radius 1 is 0.871 bits per heavy atom. The number of rotatable bonds is 6. The Morgan fingerprint density at radius 2 is 1.45 bits per heavy atom. The van der Waals surface area contributed by atoms with Crippen LogP contribution in [0.25, 0.3) is 0 Å². The van der Waals surface area contributed by atoms with Gasteiger partial charge in [0.15, 0.2) is 0 Å². The van der Waals surface area contributed by atoms with Gasteiger partial charge in [-0.05, 0) is 43.4 Å². The van der Waals surface area contributed by atoms with Gasteiger partial charge in [-0.3, -0.25) is 14.5 Å². The third-order valence-electron chi connectivity index (χ3n) is 6.79. The standard InChI is InChI=1S/C26H33N3O2/c1-20(21-10-4-2-5-11-21)27-25(30)24(22-12-8-9-13-22)28-16-18-29(19-17-28)26(31)23-14-6-3-7-15-23/h2-7,10-11,14-15,20,22,24H,8-9,12-13,16-19H2,1H3,(H,27,30). The summed E-state index contributed by atoms with van der Waals surface area (Å²) in [5.74, 6) is 0.616. The predicted octanol–water partition coefficient (Wildman–Crippen LogP) is 3.88. The monoisotopic (exact) mass is 419 g/mol. The topological polar surface area (TPSA) is 52.7 Å². The number of amides is 2. The average Bonchev–Trinajstić information content (AvgIpc) is 3.34. The van der Waals surface area contributed by atoms with Crippen LogP contribution in [0.3, 0.4) is 0 Å². The van der Waals surface area contributed by atoms with E-state index in [9.17, 15) is 9.59 Å². The molecule has 2 amide bonds. The molecule has 2 aromatic rings. The lowest BCUT2D eigenvalue weighted by Gasteiger charge is -2.41. The van der Waals surface area contributed by atoms with Crippen molar-refractivity contribution in [2.24, 2.45) is 5.92 Å². The number of hydrogen-bond acceptors (Lipinski definition) is 3. The summed E-state index contributed by atoms with van der Waals surface area (Å²) in [4.78, 5) is 30.4. The number of hydrogen-bond donors (Lipinski definition) is 1. The van der Waals surface area contributed by atoms with Crippen LogP contribution in [0.1, 0.15) is 54.6 Å². The van der Waals surface area contributed by atoms with Crippen molar-refractivity contribution in [3.63, 3.8) is 0 Å². The average molecular weight is 420 g/mol. The van der Waals surface area contributed by atoms with E-state index < -0.39 is 0 Å². The van der Waals surface area contributed by atoms with Gasteiger partial charge < -0.3 is 10.2 Å². The van der Waals surface area contributed by atoms with Gasteiger partial charge in [-0.1, -0.05) is 61.4 Å². The van der Waals surface area contributed by atoms with Crippen LogP contribution in [-0.4, -0.2) is 53.8 Å². The fourth-order valence-corrected chi connectivity index (χ4v) is 5.04. The largest absolute Gasteiger partial charge is 0.348 e. The van der Waals surface area contributed by atoms with Crippen LogP contribution >= 0.6 is 0 Å². The SMILES string of the molecule is CC(NC(=O)C(C1CCCC1)N1CCN(C(=O)c2ccccc2)CC1)c1ccccc1. The van der Waals surface area contributed by atoms with Gasteiger partial charge in [0.1, 0.15) is 0 Å². The van der Waals surface area contributed by atoms with Crippen molar-refractivity contribution in [1.29, 1.82) is 0 Å². The second kappa shape index (κ2) is 10.1. The molecule has 5 nitrogen and oxygen atoms in total. The summed E-state index contributed by atoms with van der Waals surface area (Å²) in [5.41, 5.74) is 1.86. The zero-order valence-electron chi connectivity index (χ0n) is 18.4. The summed E-state index contributed by atoms with van der Waals surface area (Å²) in [6, 6.07) is 19.5. The number of carbonyl (C=O) groups excluding carboxylic acids is 2. The van der Waals surface area contributed by atoms with Crippen LogP contribution in [0.5, 0.6) is 0 Å².